The molecule has 1 saturated heterocycles. The Morgan fingerprint density at radius 2 is 1.62 bits per heavy atom. The minimum absolute atomic E-state index is 0.0750. The van der Waals surface area contributed by atoms with E-state index in [9.17, 15) is 8.78 Å². The average molecular weight is 302 g/mol. The summed E-state index contributed by atoms with van der Waals surface area (Å²) in [5.41, 5.74) is 0. The van der Waals surface area contributed by atoms with Crippen molar-refractivity contribution in [1.82, 2.24) is 0 Å². The molecule has 0 bridgehead atoms. The zero-order valence-electron chi connectivity index (χ0n) is 13.0. The van der Waals surface area contributed by atoms with Crippen LogP contribution in [-0.2, 0) is 9.47 Å². The smallest absolute Gasteiger partial charge is 0.266 e. The van der Waals surface area contributed by atoms with E-state index in [4.69, 9.17) is 9.47 Å². The lowest BCUT2D eigenvalue weighted by Gasteiger charge is -2.31. The molecule has 4 heteroatoms. The third kappa shape index (κ3) is 6.43. The van der Waals surface area contributed by atoms with Crippen molar-refractivity contribution in [3.63, 3.8) is 0 Å². The topological polar surface area (TPSA) is 18.5 Å². The van der Waals surface area contributed by atoms with E-state index in [2.05, 4.69) is 6.92 Å². The summed E-state index contributed by atoms with van der Waals surface area (Å²) in [5, 5.41) is 0. The molecular formula is C17H28F2O2. The van der Waals surface area contributed by atoms with E-state index in [1.165, 1.54) is 32.1 Å². The Balaban J connectivity index is 1.55. The fourth-order valence-electron chi connectivity index (χ4n) is 3.33. The quantitative estimate of drug-likeness (QED) is 0.676. The first-order valence-corrected chi connectivity index (χ1v) is 8.38. The molecule has 1 heterocycles. The molecular weight excluding hydrogens is 274 g/mol. The molecule has 0 unspecified atom stereocenters. The van der Waals surface area contributed by atoms with Crippen molar-refractivity contribution in [3.8, 4) is 0 Å². The second-order valence-corrected chi connectivity index (χ2v) is 6.74. The third-order valence-corrected chi connectivity index (χ3v) is 4.86. The lowest BCUT2D eigenvalue weighted by molar-refractivity contribution is -0.205. The Hall–Kier alpha value is -0.480. The SMILES string of the molecule is CC1CCC(CCC2OCC(CCC=C(F)F)CO2)CC1. The van der Waals surface area contributed by atoms with Gasteiger partial charge in [0.15, 0.2) is 6.29 Å². The van der Waals surface area contributed by atoms with Crippen molar-refractivity contribution >= 4 is 0 Å². The molecule has 0 amide bonds. The molecule has 0 radical (unpaired) electrons. The van der Waals surface area contributed by atoms with Crippen molar-refractivity contribution in [2.75, 3.05) is 13.2 Å². The summed E-state index contributed by atoms with van der Waals surface area (Å²) in [6.07, 6.45) is 8.01. The van der Waals surface area contributed by atoms with Gasteiger partial charge in [-0.25, -0.2) is 0 Å². The van der Waals surface area contributed by atoms with Crippen LogP contribution in [0.25, 0.3) is 0 Å². The van der Waals surface area contributed by atoms with Crippen molar-refractivity contribution in [2.24, 2.45) is 17.8 Å². The van der Waals surface area contributed by atoms with Gasteiger partial charge in [0.25, 0.3) is 6.08 Å². The Labute approximate surface area is 126 Å². The molecule has 21 heavy (non-hydrogen) atoms. The van der Waals surface area contributed by atoms with E-state index in [1.807, 2.05) is 0 Å². The number of ether oxygens (including phenoxy) is 2. The molecule has 1 aliphatic heterocycles. The molecule has 0 aromatic carbocycles. The summed E-state index contributed by atoms with van der Waals surface area (Å²) >= 11 is 0. The summed E-state index contributed by atoms with van der Waals surface area (Å²) in [6, 6.07) is 0. The summed E-state index contributed by atoms with van der Waals surface area (Å²) in [4.78, 5) is 0. The number of hydrogen-bond acceptors (Lipinski definition) is 2. The van der Waals surface area contributed by atoms with Gasteiger partial charge in [-0.2, -0.15) is 8.78 Å². The molecule has 2 nitrogen and oxygen atoms in total. The highest BCUT2D eigenvalue weighted by Gasteiger charge is 2.24. The average Bonchev–Trinajstić information content (AvgIpc) is 2.48. The van der Waals surface area contributed by atoms with Gasteiger partial charge >= 0.3 is 0 Å². The van der Waals surface area contributed by atoms with Crippen LogP contribution >= 0.6 is 0 Å². The molecule has 1 aliphatic carbocycles. The Morgan fingerprint density at radius 3 is 2.24 bits per heavy atom. The summed E-state index contributed by atoms with van der Waals surface area (Å²) in [6.45, 7) is 3.63. The maximum absolute atomic E-state index is 12.0. The van der Waals surface area contributed by atoms with Gasteiger partial charge in [-0.05, 0) is 43.6 Å². The first kappa shape index (κ1) is 16.9. The molecule has 122 valence electrons. The van der Waals surface area contributed by atoms with Crippen LogP contribution in [0.5, 0.6) is 0 Å². The summed E-state index contributed by atoms with van der Waals surface area (Å²) in [7, 11) is 0. The second kappa shape index (κ2) is 8.84. The Morgan fingerprint density at radius 1 is 0.952 bits per heavy atom. The number of halogens is 2. The Bertz CT molecular complexity index is 313. The van der Waals surface area contributed by atoms with E-state index < -0.39 is 6.08 Å². The van der Waals surface area contributed by atoms with Gasteiger partial charge in [-0.1, -0.05) is 32.6 Å². The van der Waals surface area contributed by atoms with E-state index in [1.54, 1.807) is 0 Å². The zero-order valence-corrected chi connectivity index (χ0v) is 13.0. The van der Waals surface area contributed by atoms with Gasteiger partial charge in [0.1, 0.15) is 0 Å². The maximum Gasteiger partial charge on any atom is 0.266 e. The van der Waals surface area contributed by atoms with E-state index >= 15 is 0 Å². The molecule has 2 fully saturated rings. The standard InChI is InChI=1S/C17H28F2O2/c1-13-5-7-14(8-6-13)9-10-17-20-11-15(12-21-17)3-2-4-16(18)19/h4,13-15,17H,2-3,5-12H2,1H3. The van der Waals surface area contributed by atoms with E-state index in [-0.39, 0.29) is 12.2 Å². The molecule has 0 aromatic rings. The van der Waals surface area contributed by atoms with Crippen LogP contribution in [0, 0.1) is 17.8 Å². The first-order chi connectivity index (χ1) is 10.1. The lowest BCUT2D eigenvalue weighted by Crippen LogP contribution is -2.32. The minimum atomic E-state index is -1.59. The van der Waals surface area contributed by atoms with Crippen molar-refractivity contribution < 1.29 is 18.3 Å². The molecule has 2 rings (SSSR count). The molecule has 0 spiro atoms. The van der Waals surface area contributed by atoms with Gasteiger partial charge in [-0.15, -0.1) is 0 Å². The molecule has 0 aromatic heterocycles. The highest BCUT2D eigenvalue weighted by molar-refractivity contribution is 4.81. The Kier molecular flexibility index (Phi) is 7.11. The maximum atomic E-state index is 12.0. The summed E-state index contributed by atoms with van der Waals surface area (Å²) < 4.78 is 35.4. The summed E-state index contributed by atoms with van der Waals surface area (Å²) in [5.74, 6) is 1.99. The number of rotatable bonds is 6. The number of allylic oxidation sites excluding steroid dienone is 1. The lowest BCUT2D eigenvalue weighted by atomic mass is 9.81. The second-order valence-electron chi connectivity index (χ2n) is 6.74. The highest BCUT2D eigenvalue weighted by Crippen LogP contribution is 2.32. The predicted molar refractivity (Wildman–Crippen MR) is 79.1 cm³/mol. The fraction of sp³-hybridized carbons (Fsp3) is 0.882. The zero-order chi connectivity index (χ0) is 15.1. The van der Waals surface area contributed by atoms with Crippen LogP contribution < -0.4 is 0 Å². The molecule has 1 saturated carbocycles. The van der Waals surface area contributed by atoms with E-state index in [0.29, 0.717) is 26.1 Å². The van der Waals surface area contributed by atoms with Crippen molar-refractivity contribution in [2.45, 2.75) is 64.6 Å². The van der Waals surface area contributed by atoms with Gasteiger partial charge in [0, 0.05) is 5.92 Å². The highest BCUT2D eigenvalue weighted by atomic mass is 19.3. The minimum Gasteiger partial charge on any atom is -0.352 e. The molecule has 2 aliphatic rings. The van der Waals surface area contributed by atoms with Gasteiger partial charge in [0.05, 0.1) is 13.2 Å². The fourth-order valence-corrected chi connectivity index (χ4v) is 3.33. The predicted octanol–water partition coefficient (Wildman–Crippen LogP) is 5.14. The van der Waals surface area contributed by atoms with Crippen LogP contribution in [0.1, 0.15) is 58.3 Å². The normalized spacial score (nSPS) is 33.7. The van der Waals surface area contributed by atoms with Crippen LogP contribution in [0.15, 0.2) is 12.2 Å². The van der Waals surface area contributed by atoms with Crippen LogP contribution in [0.2, 0.25) is 0 Å². The van der Waals surface area contributed by atoms with Crippen LogP contribution in [0.4, 0.5) is 8.78 Å². The van der Waals surface area contributed by atoms with Crippen molar-refractivity contribution in [3.05, 3.63) is 12.2 Å². The van der Waals surface area contributed by atoms with Crippen LogP contribution in [-0.4, -0.2) is 19.5 Å². The van der Waals surface area contributed by atoms with Gasteiger partial charge in [0.2, 0.25) is 0 Å². The van der Waals surface area contributed by atoms with Crippen molar-refractivity contribution in [1.29, 1.82) is 0 Å². The molecule has 0 N–H and O–H groups in total. The monoisotopic (exact) mass is 302 g/mol. The van der Waals surface area contributed by atoms with Crippen LogP contribution in [0.3, 0.4) is 0 Å². The largest absolute Gasteiger partial charge is 0.352 e. The van der Waals surface area contributed by atoms with Gasteiger partial charge < -0.3 is 9.47 Å². The number of hydrogen-bond donors (Lipinski definition) is 0. The first-order valence-electron chi connectivity index (χ1n) is 8.38. The van der Waals surface area contributed by atoms with Gasteiger partial charge in [-0.3, -0.25) is 0 Å². The van der Waals surface area contributed by atoms with E-state index in [0.717, 1.165) is 24.3 Å². The third-order valence-electron chi connectivity index (χ3n) is 4.86. The molecule has 0 atom stereocenters.